The van der Waals surface area contributed by atoms with Gasteiger partial charge < -0.3 is 9.47 Å². The van der Waals surface area contributed by atoms with Crippen molar-refractivity contribution in [3.8, 4) is 16.8 Å². The van der Waals surface area contributed by atoms with Crippen LogP contribution in [-0.2, 0) is 10.8 Å². The Kier molecular flexibility index (Phi) is 6.64. The molecule has 1 atom stereocenters. The highest BCUT2D eigenvalue weighted by atomic mass is 15.2. The van der Waals surface area contributed by atoms with E-state index in [2.05, 4.69) is 189 Å². The molecule has 3 heterocycles. The first-order valence-electron chi connectivity index (χ1n) is 19.7. The maximum atomic E-state index is 2.66. The molecule has 11 rings (SSSR count). The highest BCUT2D eigenvalue weighted by Gasteiger charge is 2.44. The number of allylic oxidation sites excluding steroid dienone is 5. The van der Waals surface area contributed by atoms with Crippen LogP contribution in [0.4, 0.5) is 5.69 Å². The van der Waals surface area contributed by atoms with Crippen molar-refractivity contribution in [2.75, 3.05) is 4.90 Å². The molecule has 0 bridgehead atoms. The normalized spacial score (nSPS) is 18.4. The molecule has 0 N–H and O–H groups in total. The zero-order valence-electron chi connectivity index (χ0n) is 31.5. The summed E-state index contributed by atoms with van der Waals surface area (Å²) < 4.78 is 2.66. The minimum atomic E-state index is -0.167. The van der Waals surface area contributed by atoms with Gasteiger partial charge in [-0.1, -0.05) is 143 Å². The molecule has 1 aromatic heterocycles. The smallest absolute Gasteiger partial charge is 0.0582 e. The Morgan fingerprint density at radius 3 is 2.02 bits per heavy atom. The molecule has 0 saturated heterocycles. The molecule has 2 aliphatic carbocycles. The minimum Gasteiger partial charge on any atom is -0.314 e. The van der Waals surface area contributed by atoms with Gasteiger partial charge in [-0.05, 0) is 100 Å². The number of benzene rings is 6. The van der Waals surface area contributed by atoms with Gasteiger partial charge in [-0.15, -0.1) is 0 Å². The van der Waals surface area contributed by atoms with E-state index in [4.69, 9.17) is 0 Å². The summed E-state index contributed by atoms with van der Waals surface area (Å²) in [5.74, 6) is 0.240. The minimum absolute atomic E-state index is 0.146. The van der Waals surface area contributed by atoms with Crippen LogP contribution in [-0.4, -0.2) is 4.57 Å². The van der Waals surface area contributed by atoms with E-state index < -0.39 is 0 Å². The molecule has 0 radical (unpaired) electrons. The van der Waals surface area contributed by atoms with Gasteiger partial charge in [0.05, 0.1) is 16.7 Å². The number of fused-ring (bicyclic) bond motifs is 2. The zero-order valence-corrected chi connectivity index (χ0v) is 31.5. The van der Waals surface area contributed by atoms with Crippen LogP contribution < -0.4 is 4.90 Å². The second-order valence-corrected chi connectivity index (χ2v) is 16.8. The third kappa shape index (κ3) is 4.28. The second-order valence-electron chi connectivity index (χ2n) is 16.8. The molecule has 4 aliphatic rings. The number of rotatable bonds is 5. The first kappa shape index (κ1) is 31.6. The van der Waals surface area contributed by atoms with Crippen LogP contribution in [0.15, 0.2) is 157 Å². The van der Waals surface area contributed by atoms with Crippen LogP contribution in [0.2, 0.25) is 0 Å². The third-order valence-electron chi connectivity index (χ3n) is 13.1. The number of nitrogens with zero attached hydrogens (tertiary/aromatic N) is 2. The van der Waals surface area contributed by atoms with Crippen LogP contribution in [0.5, 0.6) is 0 Å². The molecule has 0 fully saturated rings. The van der Waals surface area contributed by atoms with Gasteiger partial charge in [-0.2, -0.15) is 0 Å². The number of hydrogen-bond acceptors (Lipinski definition) is 1. The molecule has 0 spiro atoms. The van der Waals surface area contributed by atoms with Gasteiger partial charge in [0.15, 0.2) is 0 Å². The summed E-state index contributed by atoms with van der Waals surface area (Å²) in [4.78, 5) is 2.51. The van der Waals surface area contributed by atoms with Gasteiger partial charge in [0, 0.05) is 50.2 Å². The number of anilines is 1. The van der Waals surface area contributed by atoms with Crippen molar-refractivity contribution in [3.05, 3.63) is 196 Å². The average molecular weight is 697 g/mol. The van der Waals surface area contributed by atoms with Gasteiger partial charge in [-0.3, -0.25) is 0 Å². The van der Waals surface area contributed by atoms with E-state index in [9.17, 15) is 0 Å². The van der Waals surface area contributed by atoms with Crippen LogP contribution >= 0.6 is 0 Å². The first-order chi connectivity index (χ1) is 26.3. The molecule has 54 heavy (non-hydrogen) atoms. The lowest BCUT2D eigenvalue weighted by Crippen LogP contribution is -2.33. The predicted molar refractivity (Wildman–Crippen MR) is 227 cm³/mol. The molecular formula is C52H44N2. The summed E-state index contributed by atoms with van der Waals surface area (Å²) >= 11 is 0. The summed E-state index contributed by atoms with van der Waals surface area (Å²) in [5, 5.41) is 2.74. The van der Waals surface area contributed by atoms with Gasteiger partial charge in [0.1, 0.15) is 0 Å². The van der Waals surface area contributed by atoms with Crippen molar-refractivity contribution >= 4 is 33.2 Å². The Labute approximate surface area is 318 Å². The molecule has 2 heteroatoms. The largest absolute Gasteiger partial charge is 0.314 e. The Morgan fingerprint density at radius 1 is 0.630 bits per heavy atom. The van der Waals surface area contributed by atoms with Crippen LogP contribution in [0, 0.1) is 0 Å². The lowest BCUT2D eigenvalue weighted by atomic mass is 9.68. The van der Waals surface area contributed by atoms with Crippen LogP contribution in [0.25, 0.3) is 44.3 Å². The van der Waals surface area contributed by atoms with E-state index in [1.165, 1.54) is 94.6 Å². The Morgan fingerprint density at radius 2 is 1.30 bits per heavy atom. The molecule has 0 amide bonds. The van der Waals surface area contributed by atoms with Crippen molar-refractivity contribution in [3.63, 3.8) is 0 Å². The fraction of sp³-hybridized carbons (Fsp3) is 0.192. The maximum Gasteiger partial charge on any atom is 0.0582 e. The number of aromatic nitrogens is 1. The van der Waals surface area contributed by atoms with Gasteiger partial charge in [0.2, 0.25) is 0 Å². The summed E-state index contributed by atoms with van der Waals surface area (Å²) in [6, 6.07) is 48.3. The van der Waals surface area contributed by atoms with Gasteiger partial charge >= 0.3 is 0 Å². The number of hydrogen-bond donors (Lipinski definition) is 0. The van der Waals surface area contributed by atoms with Crippen LogP contribution in [0.1, 0.15) is 91.8 Å². The number of para-hydroxylation sites is 2. The quantitative estimate of drug-likeness (QED) is 0.174. The van der Waals surface area contributed by atoms with E-state index in [1.54, 1.807) is 0 Å². The molecule has 0 saturated carbocycles. The fourth-order valence-corrected chi connectivity index (χ4v) is 10.4. The summed E-state index contributed by atoms with van der Waals surface area (Å²) in [5.41, 5.74) is 20.1. The standard InChI is InChI=1S/C52H44N2/c1-51(2)43-25-16-26-44-50(43)54-48-41(29-34(31-45(48)51)33-17-8-5-9-18-33)42-30-35(32-46(49(42)54)52(44,3)4)38-27-28-47(40-24-15-14-23-39(38)40)53(36-19-10-6-11-20-36)37-21-12-7-13-22-37/h5-12,14-21,23-26,28-32,38H,13,22,27H2,1-4H3. The Hall–Kier alpha value is -5.86. The third-order valence-corrected chi connectivity index (χ3v) is 13.1. The van der Waals surface area contributed by atoms with E-state index in [-0.39, 0.29) is 16.7 Å². The van der Waals surface area contributed by atoms with Crippen LogP contribution in [0.3, 0.4) is 0 Å². The molecule has 1 unspecified atom stereocenters. The topological polar surface area (TPSA) is 8.17 Å². The fourth-order valence-electron chi connectivity index (χ4n) is 10.4. The molecule has 2 aliphatic heterocycles. The summed E-state index contributed by atoms with van der Waals surface area (Å²) in [7, 11) is 0. The van der Waals surface area contributed by atoms with Crippen molar-refractivity contribution in [2.24, 2.45) is 0 Å². The summed E-state index contributed by atoms with van der Waals surface area (Å²) in [6.45, 7) is 9.78. The Bertz CT molecular complexity index is 2790. The molecule has 7 aromatic rings. The highest BCUT2D eigenvalue weighted by molar-refractivity contribution is 6.15. The molecule has 2 nitrogen and oxygen atoms in total. The van der Waals surface area contributed by atoms with Gasteiger partial charge in [0.25, 0.3) is 0 Å². The van der Waals surface area contributed by atoms with E-state index in [1.807, 2.05) is 0 Å². The van der Waals surface area contributed by atoms with Crippen molar-refractivity contribution < 1.29 is 0 Å². The SMILES string of the molecule is CC1(C)c2cccc3c2-n2c4c1cc(-c1ccccc1)cc4c1cc(C4CC=C(N(C5=CC=CCC5)c5ccccc5)c5ccccc54)cc(c12)C3(C)C. The van der Waals surface area contributed by atoms with E-state index >= 15 is 0 Å². The van der Waals surface area contributed by atoms with E-state index in [0.29, 0.717) is 0 Å². The molecule has 262 valence electrons. The van der Waals surface area contributed by atoms with Crippen molar-refractivity contribution in [2.45, 2.75) is 63.7 Å². The lowest BCUT2D eigenvalue weighted by molar-refractivity contribution is 0.593. The van der Waals surface area contributed by atoms with Gasteiger partial charge in [-0.25, -0.2) is 0 Å². The second kappa shape index (κ2) is 11.3. The summed E-state index contributed by atoms with van der Waals surface area (Å²) in [6.07, 6.45) is 12.4. The van der Waals surface area contributed by atoms with E-state index in [0.717, 1.165) is 19.3 Å². The first-order valence-corrected chi connectivity index (χ1v) is 19.7. The van der Waals surface area contributed by atoms with Crippen molar-refractivity contribution in [1.82, 2.24) is 4.57 Å². The maximum absolute atomic E-state index is 2.66. The predicted octanol–water partition coefficient (Wildman–Crippen LogP) is 13.3. The lowest BCUT2D eigenvalue weighted by Gasteiger charge is -2.42. The average Bonchev–Trinajstić information content (AvgIpc) is 3.54. The molecule has 6 aromatic carbocycles. The Balaban J connectivity index is 1.17. The van der Waals surface area contributed by atoms with Crippen molar-refractivity contribution in [1.29, 1.82) is 0 Å². The zero-order chi connectivity index (χ0) is 36.3. The molecular weight excluding hydrogens is 653 g/mol. The monoisotopic (exact) mass is 696 g/mol. The highest BCUT2D eigenvalue weighted by Crippen LogP contribution is 2.57.